The van der Waals surface area contributed by atoms with Crippen LogP contribution in [0.2, 0.25) is 0 Å². The molecule has 0 aliphatic heterocycles. The fourth-order valence-corrected chi connectivity index (χ4v) is 2.59. The molecule has 1 unspecified atom stereocenters. The van der Waals surface area contributed by atoms with E-state index in [0.29, 0.717) is 5.69 Å². The normalized spacial score (nSPS) is 12.4. The molecule has 1 aromatic carbocycles. The highest BCUT2D eigenvalue weighted by molar-refractivity contribution is 9.10. The second-order valence-corrected chi connectivity index (χ2v) is 6.07. The Kier molecular flexibility index (Phi) is 4.65. The zero-order chi connectivity index (χ0) is 14.7. The van der Waals surface area contributed by atoms with Gasteiger partial charge in [-0.3, -0.25) is 4.79 Å². The Labute approximate surface area is 128 Å². The molecule has 1 heterocycles. The van der Waals surface area contributed by atoms with Crippen molar-refractivity contribution in [3.8, 4) is 0 Å². The van der Waals surface area contributed by atoms with Crippen LogP contribution in [0.15, 0.2) is 47.1 Å². The summed E-state index contributed by atoms with van der Waals surface area (Å²) in [4.78, 5) is 12.4. The molecule has 0 aliphatic carbocycles. The molecular weight excluding hydrogens is 316 g/mol. The Hall–Kier alpha value is -1.55. The van der Waals surface area contributed by atoms with Gasteiger partial charge in [0.05, 0.1) is 6.04 Å². The standard InChI is InChI=1S/C16H19BrN2O/c1-11(2)19-10-14(17)9-15(19)16(20)18-12(3)13-7-5-4-6-8-13/h4-12H,1-3H3,(H,18,20). The smallest absolute Gasteiger partial charge is 0.268 e. The van der Waals surface area contributed by atoms with Crippen molar-refractivity contribution in [2.24, 2.45) is 0 Å². The molecule has 0 saturated heterocycles. The maximum Gasteiger partial charge on any atom is 0.268 e. The van der Waals surface area contributed by atoms with Crippen molar-refractivity contribution in [3.05, 3.63) is 58.3 Å². The Balaban J connectivity index is 2.16. The number of carbonyl (C=O) groups excluding carboxylic acids is 1. The van der Waals surface area contributed by atoms with Crippen molar-refractivity contribution >= 4 is 21.8 Å². The molecule has 1 N–H and O–H groups in total. The summed E-state index contributed by atoms with van der Waals surface area (Å²) in [6, 6.07) is 12.0. The summed E-state index contributed by atoms with van der Waals surface area (Å²) in [5, 5.41) is 3.04. The molecule has 2 rings (SSSR count). The van der Waals surface area contributed by atoms with E-state index in [-0.39, 0.29) is 18.0 Å². The van der Waals surface area contributed by atoms with Gasteiger partial charge in [0.2, 0.25) is 0 Å². The molecular formula is C16H19BrN2O. The Morgan fingerprint density at radius 2 is 1.85 bits per heavy atom. The summed E-state index contributed by atoms with van der Waals surface area (Å²) >= 11 is 3.43. The van der Waals surface area contributed by atoms with E-state index in [4.69, 9.17) is 0 Å². The topological polar surface area (TPSA) is 34.0 Å². The fraction of sp³-hybridized carbons (Fsp3) is 0.312. The largest absolute Gasteiger partial charge is 0.344 e. The van der Waals surface area contributed by atoms with Crippen LogP contribution in [0.4, 0.5) is 0 Å². The third-order valence-corrected chi connectivity index (χ3v) is 3.69. The zero-order valence-corrected chi connectivity index (χ0v) is 13.5. The van der Waals surface area contributed by atoms with Gasteiger partial charge < -0.3 is 9.88 Å². The van der Waals surface area contributed by atoms with Gasteiger partial charge in [0.25, 0.3) is 5.91 Å². The summed E-state index contributed by atoms with van der Waals surface area (Å²) in [6.45, 7) is 6.11. The van der Waals surface area contributed by atoms with Crippen LogP contribution in [0.1, 0.15) is 48.9 Å². The Morgan fingerprint density at radius 3 is 2.45 bits per heavy atom. The fourth-order valence-electron chi connectivity index (χ4n) is 2.15. The number of carbonyl (C=O) groups is 1. The van der Waals surface area contributed by atoms with E-state index in [1.54, 1.807) is 0 Å². The van der Waals surface area contributed by atoms with Gasteiger partial charge in [-0.15, -0.1) is 0 Å². The van der Waals surface area contributed by atoms with Crippen LogP contribution in [0, 0.1) is 0 Å². The molecule has 4 heteroatoms. The average Bonchev–Trinajstić information content (AvgIpc) is 2.82. The van der Waals surface area contributed by atoms with Crippen LogP contribution in [0.3, 0.4) is 0 Å². The summed E-state index contributed by atoms with van der Waals surface area (Å²) < 4.78 is 2.89. The number of benzene rings is 1. The van der Waals surface area contributed by atoms with Crippen molar-refractivity contribution in [3.63, 3.8) is 0 Å². The molecule has 2 aromatic rings. The highest BCUT2D eigenvalue weighted by Gasteiger charge is 2.17. The lowest BCUT2D eigenvalue weighted by Gasteiger charge is -2.17. The van der Waals surface area contributed by atoms with E-state index in [9.17, 15) is 4.79 Å². The van der Waals surface area contributed by atoms with Crippen molar-refractivity contribution in [2.75, 3.05) is 0 Å². The molecule has 0 fully saturated rings. The molecule has 0 aliphatic rings. The first-order valence-corrected chi connectivity index (χ1v) is 7.51. The van der Waals surface area contributed by atoms with Crippen LogP contribution >= 0.6 is 15.9 Å². The van der Waals surface area contributed by atoms with Gasteiger partial charge >= 0.3 is 0 Å². The van der Waals surface area contributed by atoms with Crippen LogP contribution in [0.25, 0.3) is 0 Å². The van der Waals surface area contributed by atoms with Gasteiger partial charge in [-0.25, -0.2) is 0 Å². The SMILES string of the molecule is CC(NC(=O)c1cc(Br)cn1C(C)C)c1ccccc1. The predicted molar refractivity (Wildman–Crippen MR) is 84.8 cm³/mol. The number of nitrogens with zero attached hydrogens (tertiary/aromatic N) is 1. The van der Waals surface area contributed by atoms with Crippen LogP contribution in [0.5, 0.6) is 0 Å². The van der Waals surface area contributed by atoms with Gasteiger partial charge in [0, 0.05) is 16.7 Å². The van der Waals surface area contributed by atoms with Crippen LogP contribution < -0.4 is 5.32 Å². The molecule has 1 atom stereocenters. The Morgan fingerprint density at radius 1 is 1.20 bits per heavy atom. The third-order valence-electron chi connectivity index (χ3n) is 3.25. The lowest BCUT2D eigenvalue weighted by atomic mass is 10.1. The first-order chi connectivity index (χ1) is 9.49. The number of hydrogen-bond donors (Lipinski definition) is 1. The second-order valence-electron chi connectivity index (χ2n) is 5.15. The summed E-state index contributed by atoms with van der Waals surface area (Å²) in [5.41, 5.74) is 1.78. The van der Waals surface area contributed by atoms with Crippen LogP contribution in [-0.4, -0.2) is 10.5 Å². The maximum atomic E-state index is 12.4. The zero-order valence-electron chi connectivity index (χ0n) is 11.9. The minimum absolute atomic E-state index is 0.0158. The molecule has 20 heavy (non-hydrogen) atoms. The van der Waals surface area contributed by atoms with E-state index in [2.05, 4.69) is 35.1 Å². The van der Waals surface area contributed by atoms with E-state index in [0.717, 1.165) is 10.0 Å². The van der Waals surface area contributed by atoms with E-state index < -0.39 is 0 Å². The minimum Gasteiger partial charge on any atom is -0.344 e. The molecule has 106 valence electrons. The monoisotopic (exact) mass is 334 g/mol. The molecule has 0 spiro atoms. The first kappa shape index (κ1) is 14.9. The molecule has 1 aromatic heterocycles. The number of nitrogens with one attached hydrogen (secondary N) is 1. The van der Waals surface area contributed by atoms with E-state index in [1.807, 2.05) is 54.1 Å². The van der Waals surface area contributed by atoms with Crippen molar-refractivity contribution in [1.82, 2.24) is 9.88 Å². The highest BCUT2D eigenvalue weighted by atomic mass is 79.9. The molecule has 1 amide bonds. The minimum atomic E-state index is -0.0549. The van der Waals surface area contributed by atoms with Gasteiger partial charge in [0.1, 0.15) is 5.69 Å². The summed E-state index contributed by atoms with van der Waals surface area (Å²) in [6.07, 6.45) is 1.94. The molecule has 0 radical (unpaired) electrons. The lowest BCUT2D eigenvalue weighted by molar-refractivity contribution is 0.0929. The van der Waals surface area contributed by atoms with Gasteiger partial charge in [0.15, 0.2) is 0 Å². The predicted octanol–water partition coefficient (Wildman–Crippen LogP) is 4.32. The maximum absolute atomic E-state index is 12.4. The first-order valence-electron chi connectivity index (χ1n) is 6.72. The Bertz CT molecular complexity index is 590. The third kappa shape index (κ3) is 3.31. The van der Waals surface area contributed by atoms with E-state index in [1.165, 1.54) is 0 Å². The summed E-state index contributed by atoms with van der Waals surface area (Å²) in [7, 11) is 0. The highest BCUT2D eigenvalue weighted by Crippen LogP contribution is 2.20. The molecule has 3 nitrogen and oxygen atoms in total. The van der Waals surface area contributed by atoms with E-state index >= 15 is 0 Å². The number of hydrogen-bond acceptors (Lipinski definition) is 1. The number of rotatable bonds is 4. The number of amides is 1. The van der Waals surface area contributed by atoms with Crippen molar-refractivity contribution in [2.45, 2.75) is 32.9 Å². The molecule has 0 bridgehead atoms. The lowest BCUT2D eigenvalue weighted by Crippen LogP contribution is -2.28. The number of aromatic nitrogens is 1. The molecule has 0 saturated carbocycles. The van der Waals surface area contributed by atoms with Gasteiger partial charge in [-0.05, 0) is 48.3 Å². The van der Waals surface area contributed by atoms with Crippen molar-refractivity contribution < 1.29 is 4.79 Å². The summed E-state index contributed by atoms with van der Waals surface area (Å²) in [5.74, 6) is -0.0549. The number of halogens is 1. The van der Waals surface area contributed by atoms with Crippen molar-refractivity contribution in [1.29, 1.82) is 0 Å². The van der Waals surface area contributed by atoms with Gasteiger partial charge in [-0.1, -0.05) is 30.3 Å². The van der Waals surface area contributed by atoms with Crippen LogP contribution in [-0.2, 0) is 0 Å². The quantitative estimate of drug-likeness (QED) is 0.887. The average molecular weight is 335 g/mol. The van der Waals surface area contributed by atoms with Gasteiger partial charge in [-0.2, -0.15) is 0 Å². The second kappa shape index (κ2) is 6.27.